The van der Waals surface area contributed by atoms with Gasteiger partial charge in [-0.25, -0.2) is 8.42 Å². The van der Waals surface area contributed by atoms with Crippen molar-refractivity contribution in [3.05, 3.63) is 0 Å². The molecule has 0 aromatic rings. The van der Waals surface area contributed by atoms with Gasteiger partial charge in [0.05, 0.1) is 11.7 Å². The first kappa shape index (κ1) is 20.9. The molecule has 0 bridgehead atoms. The molecule has 0 aromatic carbocycles. The quantitative estimate of drug-likeness (QED) is 0.785. The van der Waals surface area contributed by atoms with Gasteiger partial charge in [0.25, 0.3) is 0 Å². The lowest BCUT2D eigenvalue weighted by atomic mass is 9.67. The topological polar surface area (TPSA) is 69.7 Å². The van der Waals surface area contributed by atoms with Crippen LogP contribution >= 0.6 is 12.4 Å². The molecule has 0 unspecified atom stereocenters. The van der Waals surface area contributed by atoms with E-state index in [2.05, 4.69) is 5.32 Å². The van der Waals surface area contributed by atoms with E-state index in [4.69, 9.17) is 0 Å². The number of hydrogen-bond donors (Lipinski definition) is 1. The van der Waals surface area contributed by atoms with Crippen LogP contribution in [-0.2, 0) is 14.8 Å². The first-order valence-corrected chi connectivity index (χ1v) is 11.2. The molecule has 1 amide bonds. The van der Waals surface area contributed by atoms with Crippen molar-refractivity contribution in [1.29, 1.82) is 0 Å². The number of fused-ring (bicyclic) bond motifs is 1. The molecule has 2 heterocycles. The highest BCUT2D eigenvalue weighted by Crippen LogP contribution is 2.45. The van der Waals surface area contributed by atoms with Gasteiger partial charge in [0.15, 0.2) is 0 Å². The molecule has 3 fully saturated rings. The van der Waals surface area contributed by atoms with E-state index in [9.17, 15) is 13.2 Å². The molecule has 1 N–H and O–H groups in total. The van der Waals surface area contributed by atoms with Crippen LogP contribution < -0.4 is 5.32 Å². The van der Waals surface area contributed by atoms with E-state index in [-0.39, 0.29) is 23.9 Å². The predicted molar refractivity (Wildman–Crippen MR) is 101 cm³/mol. The predicted octanol–water partition coefficient (Wildman–Crippen LogP) is 1.46. The third kappa shape index (κ3) is 3.99. The maximum absolute atomic E-state index is 13.3. The molecule has 0 aromatic heterocycles. The van der Waals surface area contributed by atoms with E-state index >= 15 is 0 Å². The van der Waals surface area contributed by atoms with Crippen molar-refractivity contribution in [3.63, 3.8) is 0 Å². The van der Waals surface area contributed by atoms with Gasteiger partial charge in [-0.3, -0.25) is 4.79 Å². The fourth-order valence-corrected chi connectivity index (χ4v) is 6.33. The highest BCUT2D eigenvalue weighted by Gasteiger charge is 2.51. The van der Waals surface area contributed by atoms with Crippen molar-refractivity contribution in [3.8, 4) is 0 Å². The number of sulfonamides is 1. The maximum atomic E-state index is 13.3. The molecule has 1 saturated carbocycles. The molecule has 3 aliphatic rings. The van der Waals surface area contributed by atoms with Crippen LogP contribution in [0.2, 0.25) is 0 Å². The summed E-state index contributed by atoms with van der Waals surface area (Å²) in [7, 11) is -3.17. The number of hydrogen-bond acceptors (Lipinski definition) is 4. The highest BCUT2D eigenvalue weighted by molar-refractivity contribution is 7.88. The lowest BCUT2D eigenvalue weighted by Gasteiger charge is -2.44. The fourth-order valence-electron chi connectivity index (χ4n) is 5.10. The number of rotatable bonds is 4. The van der Waals surface area contributed by atoms with Crippen LogP contribution in [0, 0.1) is 11.3 Å². The third-order valence-corrected chi connectivity index (χ3v) is 7.77. The molecular formula is C17H32ClN3O3S. The van der Waals surface area contributed by atoms with Gasteiger partial charge in [-0.1, -0.05) is 19.8 Å². The Morgan fingerprint density at radius 3 is 2.52 bits per heavy atom. The number of nitrogens with one attached hydrogen (secondary N) is 1. The van der Waals surface area contributed by atoms with E-state index in [0.29, 0.717) is 31.5 Å². The van der Waals surface area contributed by atoms with E-state index in [1.807, 2.05) is 11.8 Å². The number of halogens is 1. The highest BCUT2D eigenvalue weighted by atomic mass is 35.5. The van der Waals surface area contributed by atoms with Gasteiger partial charge in [0, 0.05) is 32.2 Å². The molecule has 1 aliphatic carbocycles. The van der Waals surface area contributed by atoms with Crippen LogP contribution in [0.5, 0.6) is 0 Å². The van der Waals surface area contributed by atoms with Crippen LogP contribution in [0.1, 0.15) is 45.4 Å². The first-order valence-electron chi connectivity index (χ1n) is 9.35. The van der Waals surface area contributed by atoms with Crippen molar-refractivity contribution in [2.45, 2.75) is 51.5 Å². The van der Waals surface area contributed by atoms with Crippen molar-refractivity contribution in [2.24, 2.45) is 11.3 Å². The minimum Gasteiger partial charge on any atom is -0.342 e. The van der Waals surface area contributed by atoms with Crippen LogP contribution in [0.15, 0.2) is 0 Å². The van der Waals surface area contributed by atoms with Crippen LogP contribution in [0.3, 0.4) is 0 Å². The van der Waals surface area contributed by atoms with Gasteiger partial charge in [-0.2, -0.15) is 4.31 Å². The van der Waals surface area contributed by atoms with Crippen molar-refractivity contribution in [1.82, 2.24) is 14.5 Å². The molecule has 8 heteroatoms. The summed E-state index contributed by atoms with van der Waals surface area (Å²) >= 11 is 0. The summed E-state index contributed by atoms with van der Waals surface area (Å²) < 4.78 is 25.4. The zero-order valence-electron chi connectivity index (χ0n) is 15.4. The normalized spacial score (nSPS) is 30.8. The number of piperidine rings is 1. The van der Waals surface area contributed by atoms with Crippen LogP contribution in [-0.4, -0.2) is 68.6 Å². The standard InChI is InChI=1S/C17H31N3O3S.ClH/c1-3-20(24(2,22)23)15-7-10-19(11-8-15)16(21)17-9-5-4-6-14(17)12-18-13-17;/h14-15,18H,3-13H2,1-2H3;1H/t14-,17+;/m0./s1. The molecule has 146 valence electrons. The number of amides is 1. The summed E-state index contributed by atoms with van der Waals surface area (Å²) in [6, 6.07) is 0.0374. The summed E-state index contributed by atoms with van der Waals surface area (Å²) in [6.07, 6.45) is 7.34. The Morgan fingerprint density at radius 2 is 1.92 bits per heavy atom. The number of likely N-dealkylation sites (tertiary alicyclic amines) is 1. The Hall–Kier alpha value is -0.370. The number of carbonyl (C=O) groups is 1. The van der Waals surface area contributed by atoms with E-state index in [1.165, 1.54) is 12.7 Å². The van der Waals surface area contributed by atoms with E-state index < -0.39 is 10.0 Å². The Morgan fingerprint density at radius 1 is 1.24 bits per heavy atom. The minimum atomic E-state index is -3.17. The summed E-state index contributed by atoms with van der Waals surface area (Å²) in [5.74, 6) is 0.803. The van der Waals surface area contributed by atoms with Gasteiger partial charge in [-0.05, 0) is 38.1 Å². The van der Waals surface area contributed by atoms with E-state index in [1.54, 1.807) is 4.31 Å². The molecule has 25 heavy (non-hydrogen) atoms. The van der Waals surface area contributed by atoms with Gasteiger partial charge in [0.2, 0.25) is 15.9 Å². The zero-order valence-corrected chi connectivity index (χ0v) is 17.0. The molecule has 0 spiro atoms. The van der Waals surface area contributed by atoms with Gasteiger partial charge >= 0.3 is 0 Å². The Kier molecular flexibility index (Phi) is 6.79. The largest absolute Gasteiger partial charge is 0.342 e. The lowest BCUT2D eigenvalue weighted by molar-refractivity contribution is -0.146. The van der Waals surface area contributed by atoms with Gasteiger partial charge in [-0.15, -0.1) is 12.4 Å². The molecule has 2 aliphatic heterocycles. The summed E-state index contributed by atoms with van der Waals surface area (Å²) in [4.78, 5) is 15.3. The summed E-state index contributed by atoms with van der Waals surface area (Å²) in [5, 5.41) is 3.45. The Balaban J connectivity index is 0.00000225. The van der Waals surface area contributed by atoms with Crippen molar-refractivity contribution >= 4 is 28.3 Å². The first-order chi connectivity index (χ1) is 11.4. The summed E-state index contributed by atoms with van der Waals surface area (Å²) in [5.41, 5.74) is -0.188. The van der Waals surface area contributed by atoms with Crippen molar-refractivity contribution in [2.75, 3.05) is 39.0 Å². The molecule has 2 atom stereocenters. The molecule has 3 rings (SSSR count). The zero-order chi connectivity index (χ0) is 17.4. The SMILES string of the molecule is CCN(C1CCN(C(=O)[C@@]23CCCC[C@H]2CNC3)CC1)S(C)(=O)=O.Cl. The Labute approximate surface area is 158 Å². The molecular weight excluding hydrogens is 362 g/mol. The molecule has 2 saturated heterocycles. The average Bonchev–Trinajstić information content (AvgIpc) is 2.99. The van der Waals surface area contributed by atoms with Crippen LogP contribution in [0.4, 0.5) is 0 Å². The average molecular weight is 394 g/mol. The molecule has 0 radical (unpaired) electrons. The molecule has 6 nitrogen and oxygen atoms in total. The number of nitrogens with zero attached hydrogens (tertiary/aromatic N) is 2. The summed E-state index contributed by atoms with van der Waals surface area (Å²) in [6.45, 7) is 5.55. The third-order valence-electron chi connectivity index (χ3n) is 6.36. The van der Waals surface area contributed by atoms with E-state index in [0.717, 1.165) is 45.2 Å². The second-order valence-electron chi connectivity index (χ2n) is 7.72. The minimum absolute atomic E-state index is 0. The second kappa shape index (κ2) is 8.11. The van der Waals surface area contributed by atoms with Crippen molar-refractivity contribution < 1.29 is 13.2 Å². The second-order valence-corrected chi connectivity index (χ2v) is 9.65. The monoisotopic (exact) mass is 393 g/mol. The fraction of sp³-hybridized carbons (Fsp3) is 0.941. The Bertz CT molecular complexity index is 578. The lowest BCUT2D eigenvalue weighted by Crippen LogP contribution is -2.54. The number of carbonyl (C=O) groups excluding carboxylic acids is 1. The van der Waals surface area contributed by atoms with Gasteiger partial charge in [0.1, 0.15) is 0 Å². The van der Waals surface area contributed by atoms with Crippen LogP contribution in [0.25, 0.3) is 0 Å². The maximum Gasteiger partial charge on any atom is 0.230 e. The van der Waals surface area contributed by atoms with Gasteiger partial charge < -0.3 is 10.2 Å². The smallest absolute Gasteiger partial charge is 0.230 e.